The van der Waals surface area contributed by atoms with E-state index in [4.69, 9.17) is 0 Å². The van der Waals surface area contributed by atoms with Crippen molar-refractivity contribution in [3.8, 4) is 0 Å². The molecule has 0 saturated carbocycles. The van der Waals surface area contributed by atoms with Crippen LogP contribution in [0.15, 0.2) is 30.3 Å². The average molecular weight is 252 g/mol. The standard InChI is InChI=1S/C9H11O.C5H.Fe/c1-2-5-9(10)8-6-3-4-7-8;1-2-4-5-3-1;/h3-4,6-7H,2,5H2,1H3;1H;/q-1;-5;. The van der Waals surface area contributed by atoms with Crippen LogP contribution in [0.4, 0.5) is 0 Å². The number of hydrogen-bond acceptors (Lipinski definition) is 1. The zero-order valence-corrected chi connectivity index (χ0v) is 10.2. The van der Waals surface area contributed by atoms with Crippen molar-refractivity contribution in [1.82, 2.24) is 0 Å². The molecular weight excluding hydrogens is 240 g/mol. The molecule has 0 amide bonds. The number of hydrogen-bond donors (Lipinski definition) is 0. The van der Waals surface area contributed by atoms with E-state index in [9.17, 15) is 4.79 Å². The van der Waals surface area contributed by atoms with Gasteiger partial charge < -0.3 is 35.1 Å². The van der Waals surface area contributed by atoms with Crippen LogP contribution in [0, 0.1) is 24.3 Å². The molecule has 16 heavy (non-hydrogen) atoms. The molecule has 2 aromatic carbocycles. The summed E-state index contributed by atoms with van der Waals surface area (Å²) >= 11 is 0. The Balaban J connectivity index is 0.000000318. The first-order valence-electron chi connectivity index (χ1n) is 4.92. The molecule has 0 aromatic heterocycles. The van der Waals surface area contributed by atoms with Gasteiger partial charge in [0.05, 0.1) is 0 Å². The third-order valence-electron chi connectivity index (χ3n) is 1.81. The van der Waals surface area contributed by atoms with Crippen molar-refractivity contribution < 1.29 is 21.9 Å². The fraction of sp³-hybridized carbons (Fsp3) is 0.214. The minimum Gasteiger partial charge on any atom is -0.999 e. The molecule has 0 bridgehead atoms. The van der Waals surface area contributed by atoms with Crippen molar-refractivity contribution in [1.29, 1.82) is 0 Å². The fourth-order valence-corrected chi connectivity index (χ4v) is 1.11. The quantitative estimate of drug-likeness (QED) is 0.466. The Morgan fingerprint density at radius 2 is 1.81 bits per heavy atom. The van der Waals surface area contributed by atoms with Gasteiger partial charge in [0.25, 0.3) is 0 Å². The molecule has 88 valence electrons. The molecule has 2 aromatic rings. The number of rotatable bonds is 3. The minimum absolute atomic E-state index is 0. The van der Waals surface area contributed by atoms with Crippen LogP contribution in [-0.4, -0.2) is 5.78 Å². The summed E-state index contributed by atoms with van der Waals surface area (Å²) in [5.74, 6) is 0.257. The maximum absolute atomic E-state index is 11.1. The summed E-state index contributed by atoms with van der Waals surface area (Å²) < 4.78 is 0. The number of Topliss-reactive ketones (excluding diaryl/α,β-unsaturated/α-hetero) is 1. The predicted octanol–water partition coefficient (Wildman–Crippen LogP) is 2.99. The van der Waals surface area contributed by atoms with Crippen molar-refractivity contribution in [2.24, 2.45) is 0 Å². The minimum atomic E-state index is 0. The van der Waals surface area contributed by atoms with Gasteiger partial charge in [-0.25, -0.2) is 12.1 Å². The second-order valence-corrected chi connectivity index (χ2v) is 3.03. The number of carbonyl (C=O) groups is 1. The summed E-state index contributed by atoms with van der Waals surface area (Å²) in [7, 11) is 0. The Kier molecular flexibility index (Phi) is 8.51. The monoisotopic (exact) mass is 252 g/mol. The van der Waals surface area contributed by atoms with Crippen LogP contribution >= 0.6 is 0 Å². The van der Waals surface area contributed by atoms with Crippen LogP contribution in [-0.2, 0) is 17.1 Å². The van der Waals surface area contributed by atoms with E-state index in [0.717, 1.165) is 12.0 Å². The molecule has 0 unspecified atom stereocenters. The third kappa shape index (κ3) is 5.69. The fourth-order valence-electron chi connectivity index (χ4n) is 1.11. The Morgan fingerprint density at radius 3 is 2.19 bits per heavy atom. The first-order valence-corrected chi connectivity index (χ1v) is 4.92. The van der Waals surface area contributed by atoms with Gasteiger partial charge in [0.1, 0.15) is 5.78 Å². The number of ketones is 1. The summed E-state index contributed by atoms with van der Waals surface area (Å²) in [6.45, 7) is 2.01. The molecule has 0 fully saturated rings. The molecule has 0 heterocycles. The number of carbonyl (C=O) groups excluding carboxylic acids is 1. The topological polar surface area (TPSA) is 17.1 Å². The van der Waals surface area contributed by atoms with Gasteiger partial charge in [0.2, 0.25) is 0 Å². The first kappa shape index (κ1) is 14.9. The van der Waals surface area contributed by atoms with E-state index in [1.807, 2.05) is 31.2 Å². The van der Waals surface area contributed by atoms with Gasteiger partial charge >= 0.3 is 0 Å². The van der Waals surface area contributed by atoms with Crippen LogP contribution in [0.3, 0.4) is 0 Å². The Labute approximate surface area is 108 Å². The summed E-state index contributed by atoms with van der Waals surface area (Å²) in [6, 6.07) is 19.5. The molecule has 0 aliphatic carbocycles. The van der Waals surface area contributed by atoms with Crippen molar-refractivity contribution >= 4 is 5.78 Å². The van der Waals surface area contributed by atoms with Gasteiger partial charge in [0.15, 0.2) is 0 Å². The van der Waals surface area contributed by atoms with Gasteiger partial charge in [-0.2, -0.15) is 12.1 Å². The van der Waals surface area contributed by atoms with Gasteiger partial charge in [-0.3, -0.25) is 0 Å². The second kappa shape index (κ2) is 9.14. The normalized spacial score (nSPS) is 8.56. The van der Waals surface area contributed by atoms with E-state index in [-0.39, 0.29) is 22.9 Å². The van der Waals surface area contributed by atoms with E-state index in [2.05, 4.69) is 24.3 Å². The molecular formula is C14H12FeO-6. The molecule has 0 aliphatic heterocycles. The van der Waals surface area contributed by atoms with Crippen molar-refractivity contribution in [2.75, 3.05) is 0 Å². The van der Waals surface area contributed by atoms with Crippen molar-refractivity contribution in [2.45, 2.75) is 19.8 Å². The molecule has 0 N–H and O–H groups in total. The maximum atomic E-state index is 11.1. The van der Waals surface area contributed by atoms with Crippen LogP contribution in [0.1, 0.15) is 30.1 Å². The van der Waals surface area contributed by atoms with Gasteiger partial charge in [0, 0.05) is 17.1 Å². The average Bonchev–Trinajstić information content (AvgIpc) is 2.95. The van der Waals surface area contributed by atoms with Crippen LogP contribution in [0.5, 0.6) is 0 Å². The Hall–Kier alpha value is -1.11. The van der Waals surface area contributed by atoms with E-state index in [1.165, 1.54) is 0 Å². The molecule has 0 aliphatic rings. The summed E-state index contributed by atoms with van der Waals surface area (Å²) in [5.41, 5.74) is 0.849. The predicted molar refractivity (Wildman–Crippen MR) is 58.7 cm³/mol. The van der Waals surface area contributed by atoms with E-state index < -0.39 is 0 Å². The molecule has 2 rings (SSSR count). The van der Waals surface area contributed by atoms with E-state index >= 15 is 0 Å². The van der Waals surface area contributed by atoms with Crippen molar-refractivity contribution in [3.05, 3.63) is 60.2 Å². The van der Waals surface area contributed by atoms with Crippen LogP contribution in [0.2, 0.25) is 0 Å². The zero-order valence-electron chi connectivity index (χ0n) is 9.06. The summed E-state index contributed by atoms with van der Waals surface area (Å²) in [4.78, 5) is 11.1. The Bertz CT molecular complexity index is 329. The second-order valence-electron chi connectivity index (χ2n) is 3.03. The van der Waals surface area contributed by atoms with E-state index in [1.54, 1.807) is 6.07 Å². The molecule has 0 atom stereocenters. The molecule has 1 nitrogen and oxygen atoms in total. The van der Waals surface area contributed by atoms with Gasteiger partial charge in [-0.1, -0.05) is 12.5 Å². The zero-order chi connectivity index (χ0) is 10.9. The maximum Gasteiger partial charge on any atom is 0.108 e. The van der Waals surface area contributed by atoms with Crippen LogP contribution in [0.25, 0.3) is 0 Å². The van der Waals surface area contributed by atoms with Crippen molar-refractivity contribution in [3.63, 3.8) is 0 Å². The largest absolute Gasteiger partial charge is 0.999 e. The van der Waals surface area contributed by atoms with Crippen LogP contribution < -0.4 is 0 Å². The molecule has 0 spiro atoms. The van der Waals surface area contributed by atoms with Gasteiger partial charge in [-0.15, -0.1) is 0 Å². The Morgan fingerprint density at radius 1 is 1.25 bits per heavy atom. The summed E-state index contributed by atoms with van der Waals surface area (Å²) in [6.07, 6.45) is 1.61. The summed E-state index contributed by atoms with van der Waals surface area (Å²) in [5, 5.41) is 0. The first-order chi connectivity index (χ1) is 7.34. The smallest absolute Gasteiger partial charge is 0.108 e. The molecule has 0 saturated heterocycles. The third-order valence-corrected chi connectivity index (χ3v) is 1.81. The van der Waals surface area contributed by atoms with E-state index in [0.29, 0.717) is 6.42 Å². The molecule has 0 radical (unpaired) electrons. The van der Waals surface area contributed by atoms with Gasteiger partial charge in [-0.05, 0) is 12.8 Å². The SMILES string of the molecule is CCCC(=O)[c-]1cccc1.[Fe].[c-]1[c-][c-][cH-][c-]1. The molecule has 2 heteroatoms.